The van der Waals surface area contributed by atoms with Gasteiger partial charge < -0.3 is 15.8 Å². The number of para-hydroxylation sites is 1. The van der Waals surface area contributed by atoms with Gasteiger partial charge in [0.05, 0.1) is 12.8 Å². The standard InChI is InChI=1S/C12H16N2O2S/c1-3-5-10(15)14-11-8(12(13)17)6-4-7-9(11)16-2/h4,6-7H,3,5H2,1-2H3,(H2,13,17)(H,14,15). The molecule has 0 atom stereocenters. The Morgan fingerprint density at radius 1 is 1.53 bits per heavy atom. The van der Waals surface area contributed by atoms with Gasteiger partial charge in [0.15, 0.2) is 0 Å². The van der Waals surface area contributed by atoms with Gasteiger partial charge in [-0.05, 0) is 18.6 Å². The number of carbonyl (C=O) groups is 1. The molecule has 0 aliphatic heterocycles. The van der Waals surface area contributed by atoms with E-state index in [2.05, 4.69) is 5.32 Å². The molecule has 0 unspecified atom stereocenters. The first-order valence-corrected chi connectivity index (χ1v) is 5.77. The van der Waals surface area contributed by atoms with E-state index in [1.165, 1.54) is 7.11 Å². The van der Waals surface area contributed by atoms with Gasteiger partial charge in [0.1, 0.15) is 10.7 Å². The number of methoxy groups -OCH3 is 1. The van der Waals surface area contributed by atoms with Gasteiger partial charge >= 0.3 is 0 Å². The third-order valence-electron chi connectivity index (χ3n) is 2.25. The molecule has 4 nitrogen and oxygen atoms in total. The van der Waals surface area contributed by atoms with Crippen molar-refractivity contribution >= 4 is 28.8 Å². The quantitative estimate of drug-likeness (QED) is 0.787. The molecule has 0 bridgehead atoms. The second-order valence-electron chi connectivity index (χ2n) is 3.55. The average Bonchev–Trinajstić information content (AvgIpc) is 2.29. The number of amides is 1. The van der Waals surface area contributed by atoms with Gasteiger partial charge in [-0.1, -0.05) is 25.2 Å². The molecular formula is C12H16N2O2S. The predicted molar refractivity (Wildman–Crippen MR) is 72.4 cm³/mol. The Morgan fingerprint density at radius 3 is 2.76 bits per heavy atom. The second kappa shape index (κ2) is 6.20. The second-order valence-corrected chi connectivity index (χ2v) is 3.99. The molecule has 0 aliphatic rings. The largest absolute Gasteiger partial charge is 0.495 e. The molecule has 0 radical (unpaired) electrons. The monoisotopic (exact) mass is 252 g/mol. The summed E-state index contributed by atoms with van der Waals surface area (Å²) in [5.74, 6) is 0.481. The maximum atomic E-state index is 11.6. The van der Waals surface area contributed by atoms with Crippen LogP contribution in [0.15, 0.2) is 18.2 Å². The summed E-state index contributed by atoms with van der Waals surface area (Å²) in [6.07, 6.45) is 1.23. The van der Waals surface area contributed by atoms with E-state index >= 15 is 0 Å². The van der Waals surface area contributed by atoms with Crippen LogP contribution in [-0.4, -0.2) is 18.0 Å². The van der Waals surface area contributed by atoms with Crippen molar-refractivity contribution in [3.63, 3.8) is 0 Å². The van der Waals surface area contributed by atoms with Crippen molar-refractivity contribution in [3.05, 3.63) is 23.8 Å². The van der Waals surface area contributed by atoms with Crippen LogP contribution in [-0.2, 0) is 4.79 Å². The maximum absolute atomic E-state index is 11.6. The van der Waals surface area contributed by atoms with E-state index in [-0.39, 0.29) is 10.9 Å². The molecule has 1 amide bonds. The van der Waals surface area contributed by atoms with Crippen molar-refractivity contribution in [1.82, 2.24) is 0 Å². The zero-order valence-electron chi connectivity index (χ0n) is 9.95. The molecule has 0 saturated heterocycles. The molecule has 1 aromatic carbocycles. The van der Waals surface area contributed by atoms with Crippen LogP contribution >= 0.6 is 12.2 Å². The van der Waals surface area contributed by atoms with Crippen LogP contribution in [0.2, 0.25) is 0 Å². The number of nitrogens with one attached hydrogen (secondary N) is 1. The number of hydrogen-bond acceptors (Lipinski definition) is 3. The summed E-state index contributed by atoms with van der Waals surface area (Å²) < 4.78 is 5.19. The first-order chi connectivity index (χ1) is 8.10. The fourth-order valence-electron chi connectivity index (χ4n) is 1.46. The van der Waals surface area contributed by atoms with Crippen molar-refractivity contribution in [3.8, 4) is 5.75 Å². The summed E-state index contributed by atoms with van der Waals surface area (Å²) in [6, 6.07) is 5.29. The summed E-state index contributed by atoms with van der Waals surface area (Å²) in [5.41, 5.74) is 6.77. The Labute approximate surface area is 106 Å². The van der Waals surface area contributed by atoms with Gasteiger partial charge in [0.2, 0.25) is 5.91 Å². The lowest BCUT2D eigenvalue weighted by Gasteiger charge is -2.13. The normalized spacial score (nSPS) is 9.76. The van der Waals surface area contributed by atoms with Gasteiger partial charge in [-0.25, -0.2) is 0 Å². The fraction of sp³-hybridized carbons (Fsp3) is 0.333. The minimum Gasteiger partial charge on any atom is -0.495 e. The van der Waals surface area contributed by atoms with Crippen molar-refractivity contribution in [1.29, 1.82) is 0 Å². The Hall–Kier alpha value is -1.62. The highest BCUT2D eigenvalue weighted by atomic mass is 32.1. The van der Waals surface area contributed by atoms with E-state index in [4.69, 9.17) is 22.7 Å². The lowest BCUT2D eigenvalue weighted by Crippen LogP contribution is -2.17. The van der Waals surface area contributed by atoms with Crippen LogP contribution in [0.3, 0.4) is 0 Å². The van der Waals surface area contributed by atoms with E-state index < -0.39 is 0 Å². The third-order valence-corrected chi connectivity index (χ3v) is 2.47. The van der Waals surface area contributed by atoms with E-state index in [1.807, 2.05) is 6.92 Å². The number of thiocarbonyl (C=S) groups is 1. The third kappa shape index (κ3) is 3.42. The first kappa shape index (κ1) is 13.4. The number of hydrogen-bond donors (Lipinski definition) is 2. The minimum absolute atomic E-state index is 0.0745. The molecule has 5 heteroatoms. The van der Waals surface area contributed by atoms with Crippen LogP contribution in [0.5, 0.6) is 5.75 Å². The van der Waals surface area contributed by atoms with Crippen LogP contribution in [0.25, 0.3) is 0 Å². The number of rotatable bonds is 5. The highest BCUT2D eigenvalue weighted by molar-refractivity contribution is 7.80. The lowest BCUT2D eigenvalue weighted by molar-refractivity contribution is -0.116. The van der Waals surface area contributed by atoms with E-state index in [0.717, 1.165) is 6.42 Å². The zero-order valence-corrected chi connectivity index (χ0v) is 10.8. The van der Waals surface area contributed by atoms with Gasteiger partial charge in [0.25, 0.3) is 0 Å². The predicted octanol–water partition coefficient (Wildman–Crippen LogP) is 2.07. The molecule has 0 heterocycles. The molecular weight excluding hydrogens is 236 g/mol. The molecule has 0 saturated carbocycles. The van der Waals surface area contributed by atoms with Crippen molar-refractivity contribution in [2.75, 3.05) is 12.4 Å². The fourth-order valence-corrected chi connectivity index (χ4v) is 1.63. The topological polar surface area (TPSA) is 64.3 Å². The van der Waals surface area contributed by atoms with Gasteiger partial charge in [0, 0.05) is 12.0 Å². The maximum Gasteiger partial charge on any atom is 0.224 e. The smallest absolute Gasteiger partial charge is 0.224 e. The Kier molecular flexibility index (Phi) is 4.90. The van der Waals surface area contributed by atoms with Crippen molar-refractivity contribution in [2.45, 2.75) is 19.8 Å². The van der Waals surface area contributed by atoms with Gasteiger partial charge in [-0.3, -0.25) is 4.79 Å². The molecule has 0 fully saturated rings. The highest BCUT2D eigenvalue weighted by Gasteiger charge is 2.13. The van der Waals surface area contributed by atoms with Crippen LogP contribution in [0.1, 0.15) is 25.3 Å². The Morgan fingerprint density at radius 2 is 2.24 bits per heavy atom. The molecule has 3 N–H and O–H groups in total. The minimum atomic E-state index is -0.0745. The van der Waals surface area contributed by atoms with Crippen molar-refractivity contribution in [2.24, 2.45) is 5.73 Å². The highest BCUT2D eigenvalue weighted by Crippen LogP contribution is 2.28. The molecule has 0 spiro atoms. The van der Waals surface area contributed by atoms with Gasteiger partial charge in [-0.2, -0.15) is 0 Å². The number of benzene rings is 1. The summed E-state index contributed by atoms with van der Waals surface area (Å²) in [7, 11) is 1.54. The Bertz CT molecular complexity index is 433. The number of nitrogens with two attached hydrogens (primary N) is 1. The number of carbonyl (C=O) groups excluding carboxylic acids is 1. The molecule has 0 aliphatic carbocycles. The zero-order chi connectivity index (χ0) is 12.8. The summed E-state index contributed by atoms with van der Waals surface area (Å²) >= 11 is 4.95. The van der Waals surface area contributed by atoms with E-state index in [1.54, 1.807) is 18.2 Å². The molecule has 1 aromatic rings. The summed E-state index contributed by atoms with van der Waals surface area (Å²) in [4.78, 5) is 11.8. The van der Waals surface area contributed by atoms with Crippen LogP contribution in [0.4, 0.5) is 5.69 Å². The molecule has 1 rings (SSSR count). The first-order valence-electron chi connectivity index (χ1n) is 5.36. The average molecular weight is 252 g/mol. The van der Waals surface area contributed by atoms with Gasteiger partial charge in [-0.15, -0.1) is 0 Å². The van der Waals surface area contributed by atoms with Crippen molar-refractivity contribution < 1.29 is 9.53 Å². The van der Waals surface area contributed by atoms with E-state index in [0.29, 0.717) is 23.4 Å². The number of anilines is 1. The molecule has 17 heavy (non-hydrogen) atoms. The van der Waals surface area contributed by atoms with Crippen LogP contribution < -0.4 is 15.8 Å². The molecule has 92 valence electrons. The number of ether oxygens (including phenoxy) is 1. The SMILES string of the molecule is CCCC(=O)Nc1c(OC)cccc1C(N)=S. The van der Waals surface area contributed by atoms with Crippen LogP contribution in [0, 0.1) is 0 Å². The summed E-state index contributed by atoms with van der Waals surface area (Å²) in [5, 5.41) is 2.78. The molecule has 0 aromatic heterocycles. The van der Waals surface area contributed by atoms with E-state index in [9.17, 15) is 4.79 Å². The summed E-state index contributed by atoms with van der Waals surface area (Å²) in [6.45, 7) is 1.94. The Balaban J connectivity index is 3.09. The lowest BCUT2D eigenvalue weighted by atomic mass is 10.1.